The van der Waals surface area contributed by atoms with Crippen LogP contribution in [-0.2, 0) is 34.1 Å². The second-order valence-corrected chi connectivity index (χ2v) is 16.4. The van der Waals surface area contributed by atoms with Gasteiger partial charge < -0.3 is 29.9 Å². The van der Waals surface area contributed by atoms with Crippen molar-refractivity contribution in [3.8, 4) is 24.3 Å². The van der Waals surface area contributed by atoms with Crippen molar-refractivity contribution in [3.05, 3.63) is 325 Å². The average molecular weight is 1350 g/mol. The molecule has 0 aliphatic heterocycles. The molecular formula is C68H54Mn2N16Na2O6. The molecule has 0 spiro atoms. The number of carbonyl (C=O) groups excluding carboxylic acids is 6. The molecule has 12 heterocycles. The number of rotatable bonds is 12. The molecule has 0 unspecified atom stereocenters. The molecule has 0 bridgehead atoms. The summed E-state index contributed by atoms with van der Waals surface area (Å²) >= 11 is 0. The summed E-state index contributed by atoms with van der Waals surface area (Å²) in [6.07, 6.45) is 28.8. The molecule has 94 heavy (non-hydrogen) atoms. The molecule has 0 aliphatic carbocycles. The van der Waals surface area contributed by atoms with Crippen LogP contribution in [-0.4, -0.2) is 64.6 Å². The first kappa shape index (κ1) is 85.7. The first-order chi connectivity index (χ1) is 43.9. The standard InChI is InChI=1S/6C10H8N2O.4C2H3N.2Mn.2Na/c6*13-10(9-2-1-5-12-9)8-3-6-11-7-4-8;4*1-2-3;;;;/h6*1-7H,(H,12,13);4*1H3;;;;/q;;;;;;;;;;2*+2;2*+1/p-6. The van der Waals surface area contributed by atoms with Crippen molar-refractivity contribution in [2.24, 2.45) is 0 Å². The molecule has 12 rings (SSSR count). The molecule has 2 radical (unpaired) electrons. The van der Waals surface area contributed by atoms with Crippen LogP contribution in [0.4, 0.5) is 0 Å². The molecule has 0 aromatic carbocycles. The number of carbonyl (C=O) groups is 6. The van der Waals surface area contributed by atoms with Gasteiger partial charge >= 0.3 is 93.3 Å². The number of hydrogen-bond acceptors (Lipinski definition) is 16. The Morgan fingerprint density at radius 2 is 0.362 bits per heavy atom. The maximum Gasteiger partial charge on any atom is 2.00 e. The van der Waals surface area contributed by atoms with Gasteiger partial charge in [-0.2, -0.15) is 58.2 Å². The molecule has 0 fully saturated rings. The van der Waals surface area contributed by atoms with Crippen LogP contribution in [0.15, 0.2) is 257 Å². The van der Waals surface area contributed by atoms with Crippen molar-refractivity contribution < 1.29 is 122 Å². The largest absolute Gasteiger partial charge is 2.00 e. The SMILES string of the molecule is CC#N.CC#N.CC#N.CC#N.O=C(c1ccncc1)c1ccc[n-]1.O=C(c1ccncc1)c1ccc[n-]1.O=C(c1ccncc1)c1ccc[n-]1.O=C(c1ccncc1)c1ccc[n-]1.O=C(c1ccncc1)c1ccc[n-]1.O=C(c1ccncc1)c1ccc[n-]1.[Mn+2].[Mn+2].[Na+].[Na+]. The molecule has 0 amide bonds. The predicted octanol–water partition coefficient (Wildman–Crippen LogP) is 3.74. The van der Waals surface area contributed by atoms with Crippen molar-refractivity contribution in [2.75, 3.05) is 0 Å². The molecule has 0 saturated heterocycles. The van der Waals surface area contributed by atoms with Crippen LogP contribution in [0.1, 0.15) is 124 Å². The summed E-state index contributed by atoms with van der Waals surface area (Å²) in [6.45, 7) is 5.72. The Bertz CT molecular complexity index is 3400. The Hall–Kier alpha value is -10.4. The number of hydrogen-bond donors (Lipinski definition) is 0. The third-order valence-electron chi connectivity index (χ3n) is 10.4. The van der Waals surface area contributed by atoms with Crippen LogP contribution in [0, 0.1) is 45.3 Å². The summed E-state index contributed by atoms with van der Waals surface area (Å²) in [5.74, 6) is -0.376. The van der Waals surface area contributed by atoms with Crippen molar-refractivity contribution in [1.82, 2.24) is 59.8 Å². The number of pyridine rings is 6. The molecule has 0 N–H and O–H groups in total. The van der Waals surface area contributed by atoms with Crippen molar-refractivity contribution in [1.29, 1.82) is 21.0 Å². The van der Waals surface area contributed by atoms with Crippen molar-refractivity contribution in [3.63, 3.8) is 0 Å². The fourth-order valence-electron chi connectivity index (χ4n) is 6.52. The van der Waals surface area contributed by atoms with E-state index in [0.29, 0.717) is 67.5 Å². The Labute approximate surface area is 608 Å². The maximum absolute atomic E-state index is 11.6. The van der Waals surface area contributed by atoms with Crippen molar-refractivity contribution >= 4 is 34.7 Å². The first-order valence-corrected chi connectivity index (χ1v) is 26.3. The van der Waals surface area contributed by atoms with Gasteiger partial charge in [0.05, 0.1) is 24.3 Å². The van der Waals surface area contributed by atoms with E-state index in [2.05, 4.69) is 59.8 Å². The zero-order valence-electron chi connectivity index (χ0n) is 51.6. The Balaban J connectivity index is 0. The summed E-state index contributed by atoms with van der Waals surface area (Å²) in [7, 11) is 0. The van der Waals surface area contributed by atoms with E-state index in [4.69, 9.17) is 21.0 Å². The number of aromatic nitrogens is 12. The zero-order chi connectivity index (χ0) is 65.4. The summed E-state index contributed by atoms with van der Waals surface area (Å²) < 4.78 is 0. The average Bonchev–Trinajstić information content (AvgIpc) is 2.12. The number of nitriles is 4. The Morgan fingerprint density at radius 1 is 0.255 bits per heavy atom. The van der Waals surface area contributed by atoms with E-state index in [1.807, 2.05) is 0 Å². The van der Waals surface area contributed by atoms with Gasteiger partial charge in [0.15, 0.2) is 34.7 Å². The van der Waals surface area contributed by atoms with E-state index in [1.165, 1.54) is 27.7 Å². The van der Waals surface area contributed by atoms with Crippen LogP contribution in [0.2, 0.25) is 0 Å². The van der Waals surface area contributed by atoms with Crippen LogP contribution in [0.5, 0.6) is 0 Å². The molecule has 458 valence electrons. The zero-order valence-corrected chi connectivity index (χ0v) is 58.0. The fraction of sp³-hybridized carbons (Fsp3) is 0.0588. The van der Waals surface area contributed by atoms with Gasteiger partial charge in [0.1, 0.15) is 0 Å². The van der Waals surface area contributed by atoms with Gasteiger partial charge in [-0.05, 0) is 72.8 Å². The first-order valence-electron chi connectivity index (χ1n) is 26.3. The van der Waals surface area contributed by atoms with Gasteiger partial charge in [0.2, 0.25) is 0 Å². The topological polar surface area (TPSA) is 360 Å². The number of ketones is 6. The Morgan fingerprint density at radius 3 is 0.447 bits per heavy atom. The minimum atomic E-state index is -0.0626. The molecular weight excluding hydrogens is 1290 g/mol. The predicted molar refractivity (Wildman–Crippen MR) is 330 cm³/mol. The molecule has 12 aromatic rings. The second kappa shape index (κ2) is 53.3. The van der Waals surface area contributed by atoms with Crippen LogP contribution < -0.4 is 89.0 Å². The number of nitrogens with zero attached hydrogens (tertiary/aromatic N) is 16. The van der Waals surface area contributed by atoms with Gasteiger partial charge in [-0.1, -0.05) is 107 Å². The van der Waals surface area contributed by atoms with E-state index in [9.17, 15) is 28.8 Å². The molecule has 12 aromatic heterocycles. The van der Waals surface area contributed by atoms with Gasteiger partial charge in [-0.3, -0.25) is 58.7 Å². The minimum absolute atomic E-state index is 0. The summed E-state index contributed by atoms with van der Waals surface area (Å²) in [4.78, 5) is 116. The monoisotopic (exact) mass is 1350 g/mol. The fourth-order valence-corrected chi connectivity index (χ4v) is 6.52. The van der Waals surface area contributed by atoms with E-state index >= 15 is 0 Å². The third kappa shape index (κ3) is 32.6. The Kier molecular flexibility index (Phi) is 48.6. The molecule has 26 heteroatoms. The van der Waals surface area contributed by atoms with E-state index < -0.39 is 0 Å². The van der Waals surface area contributed by atoms with Gasteiger partial charge in [0.25, 0.3) is 0 Å². The van der Waals surface area contributed by atoms with Gasteiger partial charge in [-0.25, -0.2) is 0 Å². The second-order valence-electron chi connectivity index (χ2n) is 16.4. The molecule has 0 aliphatic rings. The smallest absolute Gasteiger partial charge is 0.661 e. The summed E-state index contributed by atoms with van der Waals surface area (Å²) in [5, 5.41) is 29.3. The minimum Gasteiger partial charge on any atom is -0.661 e. The van der Waals surface area contributed by atoms with Gasteiger partial charge in [0, 0.05) is 135 Å². The van der Waals surface area contributed by atoms with Crippen molar-refractivity contribution in [2.45, 2.75) is 27.7 Å². The summed E-state index contributed by atoms with van der Waals surface area (Å²) in [6, 6.07) is 47.8. The van der Waals surface area contributed by atoms with Gasteiger partial charge in [-0.15, -0.1) is 0 Å². The third-order valence-corrected chi connectivity index (χ3v) is 10.4. The van der Waals surface area contributed by atoms with Crippen LogP contribution in [0.25, 0.3) is 0 Å². The molecule has 0 atom stereocenters. The molecule has 22 nitrogen and oxygen atoms in total. The maximum atomic E-state index is 11.6. The molecule has 0 saturated carbocycles. The normalized spacial score (nSPS) is 8.51. The van der Waals surface area contributed by atoms with Crippen LogP contribution in [0.3, 0.4) is 0 Å². The van der Waals surface area contributed by atoms with Crippen LogP contribution >= 0.6 is 0 Å². The van der Waals surface area contributed by atoms with E-state index in [-0.39, 0.29) is 128 Å². The van der Waals surface area contributed by atoms with E-state index in [0.717, 1.165) is 0 Å². The van der Waals surface area contributed by atoms with E-state index in [1.54, 1.807) is 281 Å². The quantitative estimate of drug-likeness (QED) is 0.124. The summed E-state index contributed by atoms with van der Waals surface area (Å²) in [5.41, 5.74) is 6.58.